The molecule has 0 spiro atoms. The number of rotatable bonds is 11. The highest BCUT2D eigenvalue weighted by Gasteiger charge is 2.58. The Kier molecular flexibility index (Phi) is 14.9. The predicted octanol–water partition coefficient (Wildman–Crippen LogP) is 3.85. The summed E-state index contributed by atoms with van der Waals surface area (Å²) in [6.45, 7) is 14.7. The van der Waals surface area contributed by atoms with Gasteiger partial charge in [0.1, 0.15) is 29.6 Å². The summed E-state index contributed by atoms with van der Waals surface area (Å²) < 4.78 is 33.0. The molecular weight excluding hydrogens is 734 g/mol. The second kappa shape index (κ2) is 19.0. The number of fused-ring (bicyclic) bond motifs is 1. The van der Waals surface area contributed by atoms with E-state index in [0.717, 1.165) is 12.1 Å². The number of aryl methyl sites for hydroxylation is 1. The maximum atomic E-state index is 14.0. The van der Waals surface area contributed by atoms with Crippen LogP contribution in [-0.2, 0) is 39.8 Å². The van der Waals surface area contributed by atoms with Crippen molar-refractivity contribution >= 4 is 17.8 Å². The van der Waals surface area contributed by atoms with Crippen LogP contribution in [0.2, 0.25) is 0 Å². The molecule has 2 N–H and O–H groups in total. The Hall–Kier alpha value is -3.54. The van der Waals surface area contributed by atoms with Gasteiger partial charge in [-0.1, -0.05) is 25.1 Å². The molecule has 0 radical (unpaired) electrons. The maximum Gasteiger partial charge on any atom is 0.410 e. The van der Waals surface area contributed by atoms with Crippen molar-refractivity contribution in [2.75, 3.05) is 34.3 Å². The van der Waals surface area contributed by atoms with Gasteiger partial charge in [-0.3, -0.25) is 24.2 Å². The molecule has 318 valence electrons. The van der Waals surface area contributed by atoms with Gasteiger partial charge in [0.2, 0.25) is 0 Å². The van der Waals surface area contributed by atoms with Crippen LogP contribution in [0.1, 0.15) is 87.0 Å². The fourth-order valence-electron chi connectivity index (χ4n) is 8.75. The number of hydrogen-bond acceptors (Lipinski definition) is 14. The van der Waals surface area contributed by atoms with E-state index in [1.165, 1.54) is 6.92 Å². The van der Waals surface area contributed by atoms with Crippen molar-refractivity contribution in [2.24, 2.45) is 11.8 Å². The Balaban J connectivity index is 1.36. The standard InChI is InChI=1S/C41H65N7O9/c1-11-33-41(7)36(48(39(52)57-41)19-15-14-18-47-24-30(44-45-47)29-16-12-13-17-42-29)28(5)43-23-25(2)22-40(6,53-10)34(21-32(49)27(4)37(51)55-33)56-38-35(50)31(46(8)9)20-26(3)54-38/h12-13,16-17,24-28,31,33-36,38,43,50H,11,14-15,18-23H2,1-10H3/t25-,26-,27-,28-,31?,33-,34-,35?,36-,38+,40-,41-/m1/s1. The van der Waals surface area contributed by atoms with E-state index >= 15 is 0 Å². The lowest BCUT2D eigenvalue weighted by Gasteiger charge is -2.45. The van der Waals surface area contributed by atoms with Gasteiger partial charge in [-0.05, 0) is 105 Å². The van der Waals surface area contributed by atoms with Crippen LogP contribution in [0.25, 0.3) is 11.4 Å². The van der Waals surface area contributed by atoms with Gasteiger partial charge in [0.15, 0.2) is 11.9 Å². The number of carbonyl (C=O) groups excluding carboxylic acids is 3. The highest BCUT2D eigenvalue weighted by atomic mass is 16.7. The molecule has 2 aromatic rings. The number of pyridine rings is 1. The quantitative estimate of drug-likeness (QED) is 0.190. The van der Waals surface area contributed by atoms with Crippen LogP contribution in [0.5, 0.6) is 0 Å². The van der Waals surface area contributed by atoms with Crippen LogP contribution in [0.15, 0.2) is 30.6 Å². The SMILES string of the molecule is CC[C@H]1OC(=O)[C@H](C)C(=O)C[C@@H](O[C@@H]2O[C@H](C)CC(N(C)C)C2O)[C@](C)(OC)C[C@@H](C)CN[C@H](C)[C@H]2N(CCCCn3cc(-c4ccccn4)nn3)C(=O)O[C@]12C. The zero-order valence-corrected chi connectivity index (χ0v) is 35.4. The number of aromatic nitrogens is 4. The number of ketones is 1. The van der Waals surface area contributed by atoms with E-state index in [4.69, 9.17) is 23.7 Å². The summed E-state index contributed by atoms with van der Waals surface area (Å²) in [6, 6.07) is 4.63. The number of amides is 1. The van der Waals surface area contributed by atoms with Crippen LogP contribution in [-0.4, -0.2) is 147 Å². The number of Topliss-reactive ketones (excluding diaryl/α,β-unsaturated/α-hetero) is 1. The number of hydrogen-bond donors (Lipinski definition) is 2. The molecule has 2 unspecified atom stereocenters. The lowest BCUT2D eigenvalue weighted by molar-refractivity contribution is -0.289. The lowest BCUT2D eigenvalue weighted by Crippen LogP contribution is -2.61. The lowest BCUT2D eigenvalue weighted by atomic mass is 9.83. The Bertz CT molecular complexity index is 1650. The highest BCUT2D eigenvalue weighted by Crippen LogP contribution is 2.39. The normalized spacial score (nSPS) is 36.0. The first-order chi connectivity index (χ1) is 27.0. The molecule has 3 aliphatic heterocycles. The zero-order valence-electron chi connectivity index (χ0n) is 35.4. The van der Waals surface area contributed by atoms with Crippen LogP contribution < -0.4 is 5.32 Å². The Morgan fingerprint density at radius 3 is 2.47 bits per heavy atom. The summed E-state index contributed by atoms with van der Waals surface area (Å²) in [5, 5.41) is 23.5. The molecule has 0 aliphatic carbocycles. The smallest absolute Gasteiger partial charge is 0.410 e. The number of cyclic esters (lactones) is 1. The van der Waals surface area contributed by atoms with Crippen molar-refractivity contribution in [3.05, 3.63) is 30.6 Å². The Labute approximate surface area is 337 Å². The molecule has 5 rings (SSSR count). The first-order valence-electron chi connectivity index (χ1n) is 20.5. The fourth-order valence-corrected chi connectivity index (χ4v) is 8.75. The van der Waals surface area contributed by atoms with Gasteiger partial charge in [-0.15, -0.1) is 5.10 Å². The molecule has 3 aliphatic rings. The molecule has 0 aromatic carbocycles. The van der Waals surface area contributed by atoms with E-state index in [1.54, 1.807) is 22.9 Å². The molecule has 0 saturated carbocycles. The summed E-state index contributed by atoms with van der Waals surface area (Å²) in [5.74, 6) is -2.26. The minimum absolute atomic E-state index is 0.00281. The van der Waals surface area contributed by atoms with Crippen LogP contribution in [0.3, 0.4) is 0 Å². The molecule has 0 bridgehead atoms. The molecule has 16 heteroatoms. The third kappa shape index (κ3) is 10.2. The maximum absolute atomic E-state index is 14.0. The second-order valence-electron chi connectivity index (χ2n) is 16.9. The molecule has 5 heterocycles. The summed E-state index contributed by atoms with van der Waals surface area (Å²) in [5.41, 5.74) is -0.795. The number of methoxy groups -OCH3 is 1. The number of aliphatic hydroxyl groups excluding tert-OH is 1. The van der Waals surface area contributed by atoms with Gasteiger partial charge in [0.25, 0.3) is 0 Å². The van der Waals surface area contributed by atoms with E-state index in [0.29, 0.717) is 51.0 Å². The molecule has 1 amide bonds. The number of unbranched alkanes of at least 4 members (excludes halogenated alkanes) is 1. The van der Waals surface area contributed by atoms with E-state index in [9.17, 15) is 19.5 Å². The summed E-state index contributed by atoms with van der Waals surface area (Å²) in [7, 11) is 5.38. The number of nitrogens with one attached hydrogen (secondary N) is 1. The van der Waals surface area contributed by atoms with Crippen molar-refractivity contribution in [3.8, 4) is 11.4 Å². The number of ether oxygens (including phenoxy) is 5. The number of esters is 1. The van der Waals surface area contributed by atoms with Crippen LogP contribution >= 0.6 is 0 Å². The van der Waals surface area contributed by atoms with Crippen molar-refractivity contribution < 1.29 is 43.2 Å². The number of aliphatic hydroxyl groups is 1. The minimum atomic E-state index is -1.22. The summed E-state index contributed by atoms with van der Waals surface area (Å²) in [6.07, 6.45) is 1.85. The molecule has 2 aromatic heterocycles. The van der Waals surface area contributed by atoms with Gasteiger partial charge in [0.05, 0.1) is 35.7 Å². The third-order valence-electron chi connectivity index (χ3n) is 12.2. The molecule has 16 nitrogen and oxygen atoms in total. The predicted molar refractivity (Wildman–Crippen MR) is 211 cm³/mol. The number of likely N-dealkylation sites (N-methyl/N-ethyl adjacent to an activating group) is 1. The number of nitrogens with zero attached hydrogens (tertiary/aromatic N) is 6. The van der Waals surface area contributed by atoms with Crippen molar-refractivity contribution in [2.45, 2.75) is 154 Å². The van der Waals surface area contributed by atoms with E-state index in [-0.39, 0.29) is 30.5 Å². The molecular formula is C41H65N7O9. The van der Waals surface area contributed by atoms with E-state index in [2.05, 4.69) is 27.5 Å². The average molecular weight is 800 g/mol. The fraction of sp³-hybridized carbons (Fsp3) is 0.756. The van der Waals surface area contributed by atoms with Crippen molar-refractivity contribution in [3.63, 3.8) is 0 Å². The van der Waals surface area contributed by atoms with Gasteiger partial charge < -0.3 is 39.0 Å². The molecule has 3 fully saturated rings. The zero-order chi connectivity index (χ0) is 41.7. The van der Waals surface area contributed by atoms with Crippen molar-refractivity contribution in [1.29, 1.82) is 0 Å². The van der Waals surface area contributed by atoms with Gasteiger partial charge in [0, 0.05) is 44.9 Å². The topological polar surface area (TPSA) is 180 Å². The first-order valence-corrected chi connectivity index (χ1v) is 20.5. The Morgan fingerprint density at radius 2 is 1.81 bits per heavy atom. The molecule has 57 heavy (non-hydrogen) atoms. The minimum Gasteiger partial charge on any atom is -0.458 e. The molecule has 12 atom stereocenters. The van der Waals surface area contributed by atoms with Gasteiger partial charge >= 0.3 is 12.1 Å². The second-order valence-corrected chi connectivity index (χ2v) is 16.9. The van der Waals surface area contributed by atoms with Gasteiger partial charge in [-0.2, -0.15) is 0 Å². The van der Waals surface area contributed by atoms with Crippen LogP contribution in [0, 0.1) is 11.8 Å². The average Bonchev–Trinajstić information content (AvgIpc) is 3.76. The van der Waals surface area contributed by atoms with Crippen molar-refractivity contribution in [1.82, 2.24) is 35.1 Å². The number of carbonyl (C=O) groups is 3. The van der Waals surface area contributed by atoms with Crippen LogP contribution in [0.4, 0.5) is 4.79 Å². The Morgan fingerprint density at radius 1 is 1.07 bits per heavy atom. The largest absolute Gasteiger partial charge is 0.458 e. The molecule has 3 saturated heterocycles. The first kappa shape index (κ1) is 44.6. The highest BCUT2D eigenvalue weighted by molar-refractivity contribution is 5.99. The summed E-state index contributed by atoms with van der Waals surface area (Å²) >= 11 is 0. The van der Waals surface area contributed by atoms with E-state index < -0.39 is 65.6 Å². The summed E-state index contributed by atoms with van der Waals surface area (Å²) in [4.78, 5) is 49.7. The van der Waals surface area contributed by atoms with Gasteiger partial charge in [-0.25, -0.2) is 4.79 Å². The third-order valence-corrected chi connectivity index (χ3v) is 12.2. The monoisotopic (exact) mass is 799 g/mol. The van der Waals surface area contributed by atoms with E-state index in [1.807, 2.05) is 78.0 Å².